The summed E-state index contributed by atoms with van der Waals surface area (Å²) in [6.45, 7) is 2.54. The van der Waals surface area contributed by atoms with Crippen molar-refractivity contribution in [3.05, 3.63) is 98.1 Å². The first-order valence-electron chi connectivity index (χ1n) is 10.0. The maximum absolute atomic E-state index is 12.4. The van der Waals surface area contributed by atoms with Crippen LogP contribution in [0, 0.1) is 0 Å². The Hall–Kier alpha value is -3.10. The molecule has 3 rings (SSSR count). The minimum Gasteiger partial charge on any atom is -0.490 e. The molecule has 6 nitrogen and oxygen atoms in total. The van der Waals surface area contributed by atoms with Crippen molar-refractivity contribution in [1.29, 1.82) is 0 Å². The molecule has 0 heterocycles. The molecule has 1 amide bonds. The van der Waals surface area contributed by atoms with Crippen molar-refractivity contribution < 1.29 is 24.2 Å². The Morgan fingerprint density at radius 1 is 0.970 bits per heavy atom. The van der Waals surface area contributed by atoms with E-state index >= 15 is 0 Å². The third-order valence-corrected chi connectivity index (χ3v) is 5.85. The van der Waals surface area contributed by atoms with Gasteiger partial charge >= 0.3 is 5.97 Å². The van der Waals surface area contributed by atoms with E-state index in [1.54, 1.807) is 42.5 Å². The van der Waals surface area contributed by atoms with Gasteiger partial charge in [0.1, 0.15) is 12.3 Å². The Bertz CT molecular complexity index is 1180. The lowest BCUT2D eigenvalue weighted by molar-refractivity contribution is -0.132. The zero-order valence-corrected chi connectivity index (χ0v) is 20.9. The van der Waals surface area contributed by atoms with Gasteiger partial charge in [0.15, 0.2) is 11.5 Å². The van der Waals surface area contributed by atoms with Crippen LogP contribution >= 0.6 is 31.9 Å². The molecule has 8 heteroatoms. The predicted octanol–water partition coefficient (Wildman–Crippen LogP) is 6.04. The number of carboxylic acids is 1. The Morgan fingerprint density at radius 2 is 1.67 bits per heavy atom. The highest BCUT2D eigenvalue weighted by Gasteiger charge is 2.16. The molecular weight excluding hydrogens is 554 g/mol. The van der Waals surface area contributed by atoms with Crippen LogP contribution in [0.4, 0.5) is 0 Å². The lowest BCUT2D eigenvalue weighted by Crippen LogP contribution is -2.27. The molecule has 33 heavy (non-hydrogen) atoms. The molecule has 170 valence electrons. The van der Waals surface area contributed by atoms with Gasteiger partial charge in [0.05, 0.1) is 11.1 Å². The smallest absolute Gasteiger partial charge is 0.352 e. The molecule has 0 aliphatic heterocycles. The Balaban J connectivity index is 1.88. The molecule has 2 N–H and O–H groups in total. The summed E-state index contributed by atoms with van der Waals surface area (Å²) >= 11 is 7.00. The number of ether oxygens (including phenoxy) is 2. The van der Waals surface area contributed by atoms with Gasteiger partial charge in [0.25, 0.3) is 5.91 Å². The van der Waals surface area contributed by atoms with E-state index in [9.17, 15) is 14.7 Å². The summed E-state index contributed by atoms with van der Waals surface area (Å²) in [5.41, 5.74) is 1.58. The highest BCUT2D eigenvalue weighted by molar-refractivity contribution is 9.10. The molecule has 0 atom stereocenters. The van der Waals surface area contributed by atoms with E-state index in [1.165, 1.54) is 6.08 Å². The number of carbonyl (C=O) groups is 2. The van der Waals surface area contributed by atoms with Gasteiger partial charge < -0.3 is 19.9 Å². The number of carbonyl (C=O) groups excluding carboxylic acids is 1. The van der Waals surface area contributed by atoms with Gasteiger partial charge in [0, 0.05) is 15.6 Å². The maximum Gasteiger partial charge on any atom is 0.352 e. The first-order valence-corrected chi connectivity index (χ1v) is 11.6. The Labute approximate surface area is 208 Å². The highest BCUT2D eigenvalue weighted by Crippen LogP contribution is 2.38. The standard InChI is InChI=1S/C25H21Br2NO5/c1-2-32-22-14-16(12-20(27)23(22)33-15-18-10-6-7-11-19(18)26)13-21(25(30)31)28-24(29)17-8-4-3-5-9-17/h3-14H,2,15H2,1H3,(H,28,29)(H,30,31). The minimum absolute atomic E-state index is 0.264. The van der Waals surface area contributed by atoms with Crippen LogP contribution in [0.3, 0.4) is 0 Å². The number of nitrogens with one attached hydrogen (secondary N) is 1. The number of benzene rings is 3. The summed E-state index contributed by atoms with van der Waals surface area (Å²) < 4.78 is 13.3. The van der Waals surface area contributed by atoms with E-state index in [0.29, 0.717) is 40.3 Å². The van der Waals surface area contributed by atoms with Gasteiger partial charge in [-0.25, -0.2) is 4.79 Å². The fourth-order valence-electron chi connectivity index (χ4n) is 2.94. The van der Waals surface area contributed by atoms with E-state index in [2.05, 4.69) is 37.2 Å². The number of rotatable bonds is 9. The topological polar surface area (TPSA) is 84.9 Å². The molecule has 0 fully saturated rings. The van der Waals surface area contributed by atoms with Crippen molar-refractivity contribution in [2.45, 2.75) is 13.5 Å². The van der Waals surface area contributed by atoms with Crippen molar-refractivity contribution in [2.75, 3.05) is 6.61 Å². The molecule has 0 aromatic heterocycles. The second kappa shape index (κ2) is 11.7. The van der Waals surface area contributed by atoms with Gasteiger partial charge in [-0.2, -0.15) is 0 Å². The zero-order valence-electron chi connectivity index (χ0n) is 17.7. The van der Waals surface area contributed by atoms with Crippen LogP contribution in [0.5, 0.6) is 11.5 Å². The van der Waals surface area contributed by atoms with Crippen LogP contribution < -0.4 is 14.8 Å². The number of halogens is 2. The first kappa shape index (κ1) is 24.5. The third kappa shape index (κ3) is 6.69. The lowest BCUT2D eigenvalue weighted by atomic mass is 10.1. The number of carboxylic acid groups (broad SMARTS) is 1. The van der Waals surface area contributed by atoms with Crippen molar-refractivity contribution in [1.82, 2.24) is 5.32 Å². The molecule has 3 aromatic rings. The van der Waals surface area contributed by atoms with E-state index in [4.69, 9.17) is 9.47 Å². The van der Waals surface area contributed by atoms with E-state index < -0.39 is 11.9 Å². The van der Waals surface area contributed by atoms with Crippen molar-refractivity contribution in [3.63, 3.8) is 0 Å². The number of aliphatic carboxylic acids is 1. The van der Waals surface area contributed by atoms with Crippen molar-refractivity contribution in [3.8, 4) is 11.5 Å². The van der Waals surface area contributed by atoms with Crippen LogP contribution in [-0.2, 0) is 11.4 Å². The summed E-state index contributed by atoms with van der Waals surface area (Å²) in [7, 11) is 0. The first-order chi connectivity index (χ1) is 15.9. The maximum atomic E-state index is 12.4. The molecule has 0 saturated heterocycles. The van der Waals surface area contributed by atoms with Crippen molar-refractivity contribution in [2.24, 2.45) is 0 Å². The number of amides is 1. The number of hydrogen-bond donors (Lipinski definition) is 2. The van der Waals surface area contributed by atoms with Crippen LogP contribution in [0.2, 0.25) is 0 Å². The molecule has 0 aliphatic rings. The molecule has 0 spiro atoms. The largest absolute Gasteiger partial charge is 0.490 e. The Kier molecular flexibility index (Phi) is 8.68. The van der Waals surface area contributed by atoms with Crippen LogP contribution in [0.1, 0.15) is 28.4 Å². The molecule has 0 aliphatic carbocycles. The highest BCUT2D eigenvalue weighted by atomic mass is 79.9. The molecule has 0 bridgehead atoms. The molecule has 0 saturated carbocycles. The van der Waals surface area contributed by atoms with E-state index in [1.807, 2.05) is 31.2 Å². The average molecular weight is 575 g/mol. The summed E-state index contributed by atoms with van der Waals surface area (Å²) in [4.78, 5) is 24.2. The third-order valence-electron chi connectivity index (χ3n) is 4.49. The molecule has 0 radical (unpaired) electrons. The summed E-state index contributed by atoms with van der Waals surface area (Å²) in [5, 5.41) is 12.1. The van der Waals surface area contributed by atoms with Gasteiger partial charge in [-0.05, 0) is 64.8 Å². The summed E-state index contributed by atoms with van der Waals surface area (Å²) in [5.74, 6) is -0.830. The van der Waals surface area contributed by atoms with Crippen LogP contribution in [0.15, 0.2) is 81.4 Å². The average Bonchev–Trinajstić information content (AvgIpc) is 2.80. The second-order valence-corrected chi connectivity index (χ2v) is 8.54. The molecule has 0 unspecified atom stereocenters. The van der Waals surface area contributed by atoms with E-state index in [0.717, 1.165) is 10.0 Å². The quantitative estimate of drug-likeness (QED) is 0.304. The second-order valence-electron chi connectivity index (χ2n) is 6.83. The van der Waals surface area contributed by atoms with Crippen LogP contribution in [-0.4, -0.2) is 23.6 Å². The van der Waals surface area contributed by atoms with Gasteiger partial charge in [0.2, 0.25) is 0 Å². The normalized spacial score (nSPS) is 11.1. The fraction of sp³-hybridized carbons (Fsp3) is 0.120. The molecule has 3 aromatic carbocycles. The van der Waals surface area contributed by atoms with Gasteiger partial charge in [-0.15, -0.1) is 0 Å². The molecular formula is C25H21Br2NO5. The minimum atomic E-state index is -1.26. The predicted molar refractivity (Wildman–Crippen MR) is 133 cm³/mol. The van der Waals surface area contributed by atoms with E-state index in [-0.39, 0.29) is 5.70 Å². The summed E-state index contributed by atoms with van der Waals surface area (Å²) in [6.07, 6.45) is 1.37. The monoisotopic (exact) mass is 573 g/mol. The number of hydrogen-bond acceptors (Lipinski definition) is 4. The fourth-order valence-corrected chi connectivity index (χ4v) is 3.92. The van der Waals surface area contributed by atoms with Crippen molar-refractivity contribution >= 4 is 49.8 Å². The van der Waals surface area contributed by atoms with Gasteiger partial charge in [-0.3, -0.25) is 4.79 Å². The van der Waals surface area contributed by atoms with Crippen LogP contribution in [0.25, 0.3) is 6.08 Å². The Morgan fingerprint density at radius 3 is 2.33 bits per heavy atom. The van der Waals surface area contributed by atoms with Gasteiger partial charge in [-0.1, -0.05) is 52.3 Å². The SMILES string of the molecule is CCOc1cc(C=C(NC(=O)c2ccccc2)C(=O)O)cc(Br)c1OCc1ccccc1Br. The summed E-state index contributed by atoms with van der Waals surface area (Å²) in [6, 6.07) is 19.5. The zero-order chi connectivity index (χ0) is 23.8. The lowest BCUT2D eigenvalue weighted by Gasteiger charge is -2.15.